The van der Waals surface area contributed by atoms with Crippen LogP contribution in [0.15, 0.2) is 5.16 Å². The molecule has 0 unspecified atom stereocenters. The first-order chi connectivity index (χ1) is 8.15. The summed E-state index contributed by atoms with van der Waals surface area (Å²) in [5.74, 6) is 1.40. The molecule has 0 fully saturated rings. The predicted molar refractivity (Wildman–Crippen MR) is 69.1 cm³/mol. The van der Waals surface area contributed by atoms with E-state index in [0.29, 0.717) is 22.8 Å². The van der Waals surface area contributed by atoms with Crippen LogP contribution in [-0.2, 0) is 0 Å². The monoisotopic (exact) mass is 252 g/mol. The second kappa shape index (κ2) is 6.91. The molecule has 0 radical (unpaired) electrons. The fourth-order valence-electron chi connectivity index (χ4n) is 1.08. The second-order valence-electron chi connectivity index (χ2n) is 3.54. The molecular weight excluding hydrogens is 236 g/mol. The number of aromatic nitrogens is 3. The van der Waals surface area contributed by atoms with E-state index in [0.717, 1.165) is 6.54 Å². The summed E-state index contributed by atoms with van der Waals surface area (Å²) in [7, 11) is 0. The molecule has 0 saturated carbocycles. The average Bonchev–Trinajstić information content (AvgIpc) is 2.25. The highest BCUT2D eigenvalue weighted by molar-refractivity contribution is 7.99. The van der Waals surface area contributed by atoms with E-state index in [4.69, 9.17) is 5.26 Å². The van der Waals surface area contributed by atoms with Gasteiger partial charge in [0.25, 0.3) is 0 Å². The molecule has 92 valence electrons. The molecule has 0 saturated heterocycles. The standard InChI is InChI=1S/C10H16N6S/c1-4-12-8-14-9(13-7(2)3)16-10(15-8)17-6-5-11/h7H,4,6H2,1-3H3,(H2,12,13,14,15,16). The Balaban J connectivity index is 2.88. The largest absolute Gasteiger partial charge is 0.354 e. The van der Waals surface area contributed by atoms with E-state index in [1.165, 1.54) is 11.8 Å². The van der Waals surface area contributed by atoms with Crippen LogP contribution in [0.5, 0.6) is 0 Å². The van der Waals surface area contributed by atoms with Gasteiger partial charge in [-0.1, -0.05) is 11.8 Å². The van der Waals surface area contributed by atoms with E-state index < -0.39 is 0 Å². The number of hydrogen-bond acceptors (Lipinski definition) is 7. The van der Waals surface area contributed by atoms with Crippen LogP contribution in [0.25, 0.3) is 0 Å². The zero-order chi connectivity index (χ0) is 12.7. The topological polar surface area (TPSA) is 86.5 Å². The van der Waals surface area contributed by atoms with E-state index in [9.17, 15) is 0 Å². The number of anilines is 2. The Morgan fingerprint density at radius 2 is 2.00 bits per heavy atom. The lowest BCUT2D eigenvalue weighted by atomic mass is 10.4. The molecule has 0 amide bonds. The first kappa shape index (κ1) is 13.5. The minimum absolute atomic E-state index is 0.251. The van der Waals surface area contributed by atoms with E-state index in [2.05, 4.69) is 25.6 Å². The highest BCUT2D eigenvalue weighted by Gasteiger charge is 2.07. The minimum Gasteiger partial charge on any atom is -0.354 e. The van der Waals surface area contributed by atoms with Crippen molar-refractivity contribution < 1.29 is 0 Å². The summed E-state index contributed by atoms with van der Waals surface area (Å²) in [6, 6.07) is 2.30. The molecule has 17 heavy (non-hydrogen) atoms. The van der Waals surface area contributed by atoms with Crippen LogP contribution in [0.1, 0.15) is 20.8 Å². The fourth-order valence-corrected chi connectivity index (χ4v) is 1.57. The van der Waals surface area contributed by atoms with Crippen molar-refractivity contribution in [1.29, 1.82) is 5.26 Å². The molecule has 0 aromatic carbocycles. The van der Waals surface area contributed by atoms with Gasteiger partial charge in [-0.15, -0.1) is 0 Å². The second-order valence-corrected chi connectivity index (χ2v) is 4.48. The highest BCUT2D eigenvalue weighted by atomic mass is 32.2. The fraction of sp³-hybridized carbons (Fsp3) is 0.600. The molecule has 1 aromatic rings. The van der Waals surface area contributed by atoms with Gasteiger partial charge in [0.1, 0.15) is 0 Å². The number of nitrogens with one attached hydrogen (secondary N) is 2. The maximum atomic E-state index is 8.54. The van der Waals surface area contributed by atoms with Crippen LogP contribution < -0.4 is 10.6 Å². The lowest BCUT2D eigenvalue weighted by molar-refractivity contribution is 0.835. The SMILES string of the molecule is CCNc1nc(NC(C)C)nc(SCC#N)n1. The Morgan fingerprint density at radius 1 is 1.29 bits per heavy atom. The lowest BCUT2D eigenvalue weighted by Crippen LogP contribution is -2.15. The third-order valence-electron chi connectivity index (χ3n) is 1.63. The Kier molecular flexibility index (Phi) is 5.49. The molecule has 1 heterocycles. The zero-order valence-corrected chi connectivity index (χ0v) is 11.0. The van der Waals surface area contributed by atoms with E-state index in [-0.39, 0.29) is 6.04 Å². The lowest BCUT2D eigenvalue weighted by Gasteiger charge is -2.10. The minimum atomic E-state index is 0.251. The Morgan fingerprint density at radius 3 is 2.59 bits per heavy atom. The van der Waals surface area contributed by atoms with Gasteiger partial charge in [-0.2, -0.15) is 20.2 Å². The van der Waals surface area contributed by atoms with Crippen molar-refractivity contribution in [3.05, 3.63) is 0 Å². The van der Waals surface area contributed by atoms with Crippen LogP contribution in [0.3, 0.4) is 0 Å². The predicted octanol–water partition coefficient (Wildman–Crippen LogP) is 1.74. The Labute approximate surface area is 105 Å². The van der Waals surface area contributed by atoms with E-state index in [1.54, 1.807) is 0 Å². The van der Waals surface area contributed by atoms with Gasteiger partial charge in [0, 0.05) is 12.6 Å². The van der Waals surface area contributed by atoms with Gasteiger partial charge < -0.3 is 10.6 Å². The first-order valence-corrected chi connectivity index (χ1v) is 6.40. The average molecular weight is 252 g/mol. The van der Waals surface area contributed by atoms with Crippen LogP contribution in [0, 0.1) is 11.3 Å². The van der Waals surface area contributed by atoms with Crippen molar-refractivity contribution in [3.8, 4) is 6.07 Å². The smallest absolute Gasteiger partial charge is 0.228 e. The quantitative estimate of drug-likeness (QED) is 0.746. The van der Waals surface area contributed by atoms with Crippen LogP contribution >= 0.6 is 11.8 Å². The van der Waals surface area contributed by atoms with Crippen molar-refractivity contribution in [2.24, 2.45) is 0 Å². The third-order valence-corrected chi connectivity index (χ3v) is 2.35. The number of nitriles is 1. The molecular formula is C10H16N6S. The van der Waals surface area contributed by atoms with E-state index >= 15 is 0 Å². The maximum Gasteiger partial charge on any atom is 0.228 e. The van der Waals surface area contributed by atoms with Crippen LogP contribution in [0.2, 0.25) is 0 Å². The number of rotatable bonds is 6. The Bertz CT molecular complexity index is 400. The van der Waals surface area contributed by atoms with Crippen molar-refractivity contribution in [2.75, 3.05) is 22.9 Å². The summed E-state index contributed by atoms with van der Waals surface area (Å²) < 4.78 is 0. The van der Waals surface area contributed by atoms with Crippen molar-refractivity contribution in [2.45, 2.75) is 32.0 Å². The molecule has 7 heteroatoms. The van der Waals surface area contributed by atoms with Crippen molar-refractivity contribution in [1.82, 2.24) is 15.0 Å². The molecule has 0 spiro atoms. The van der Waals surface area contributed by atoms with Crippen LogP contribution in [0.4, 0.5) is 11.9 Å². The summed E-state index contributed by atoms with van der Waals surface area (Å²) >= 11 is 1.30. The molecule has 1 rings (SSSR count). The molecule has 1 aromatic heterocycles. The maximum absolute atomic E-state index is 8.54. The zero-order valence-electron chi connectivity index (χ0n) is 10.2. The summed E-state index contributed by atoms with van der Waals surface area (Å²) in [6.07, 6.45) is 0. The van der Waals surface area contributed by atoms with Gasteiger partial charge in [0.2, 0.25) is 11.9 Å². The molecule has 0 atom stereocenters. The Hall–Kier alpha value is -1.55. The van der Waals surface area contributed by atoms with Crippen LogP contribution in [-0.4, -0.2) is 33.3 Å². The summed E-state index contributed by atoms with van der Waals surface area (Å²) in [6.45, 7) is 6.74. The third kappa shape index (κ3) is 4.87. The molecule has 0 aliphatic rings. The van der Waals surface area contributed by atoms with Crippen molar-refractivity contribution >= 4 is 23.7 Å². The molecule has 0 aliphatic carbocycles. The number of nitrogens with zero attached hydrogens (tertiary/aromatic N) is 4. The first-order valence-electron chi connectivity index (χ1n) is 5.42. The summed E-state index contributed by atoms with van der Waals surface area (Å²) in [5, 5.41) is 15.3. The van der Waals surface area contributed by atoms with Gasteiger partial charge in [0.15, 0.2) is 5.16 Å². The summed E-state index contributed by atoms with van der Waals surface area (Å²) in [4.78, 5) is 12.7. The highest BCUT2D eigenvalue weighted by Crippen LogP contribution is 2.16. The van der Waals surface area contributed by atoms with Gasteiger partial charge in [0.05, 0.1) is 11.8 Å². The number of hydrogen-bond donors (Lipinski definition) is 2. The van der Waals surface area contributed by atoms with Gasteiger partial charge in [-0.3, -0.25) is 0 Å². The normalized spacial score (nSPS) is 10.1. The summed E-state index contributed by atoms with van der Waals surface area (Å²) in [5.41, 5.74) is 0. The number of thioether (sulfide) groups is 1. The van der Waals surface area contributed by atoms with Gasteiger partial charge >= 0.3 is 0 Å². The molecule has 0 aliphatic heterocycles. The van der Waals surface area contributed by atoms with Gasteiger partial charge in [-0.25, -0.2) is 0 Å². The van der Waals surface area contributed by atoms with Gasteiger partial charge in [-0.05, 0) is 20.8 Å². The van der Waals surface area contributed by atoms with Crippen molar-refractivity contribution in [3.63, 3.8) is 0 Å². The molecule has 2 N–H and O–H groups in total. The molecule has 6 nitrogen and oxygen atoms in total. The molecule has 0 bridgehead atoms. The van der Waals surface area contributed by atoms with E-state index in [1.807, 2.05) is 26.8 Å².